The average molecular weight is 458 g/mol. The highest BCUT2D eigenvalue weighted by Gasteiger charge is 2.32. The highest BCUT2D eigenvalue weighted by molar-refractivity contribution is 5.93. The lowest BCUT2D eigenvalue weighted by molar-refractivity contribution is -0.146. The summed E-state index contributed by atoms with van der Waals surface area (Å²) in [5.41, 5.74) is -0.706. The van der Waals surface area contributed by atoms with E-state index in [-0.39, 0.29) is 17.8 Å². The fourth-order valence-electron chi connectivity index (χ4n) is 3.01. The molecular weight excluding hydrogens is 414 g/mol. The third-order valence-corrected chi connectivity index (χ3v) is 4.47. The number of nitrogens with one attached hydrogen (secondary N) is 3. The van der Waals surface area contributed by atoms with Crippen LogP contribution in [-0.4, -0.2) is 54.7 Å². The Morgan fingerprint density at radius 1 is 0.750 bits per heavy atom. The van der Waals surface area contributed by atoms with Gasteiger partial charge in [-0.15, -0.1) is 0 Å². The summed E-state index contributed by atoms with van der Waals surface area (Å²) in [6.07, 6.45) is 0.0381. The standard InChI is InChI=1S/C23H43N3O6/c1-13(2)11-16(20(28)26-18(15(5)6)21(29)31-10)24-19(27)17(12-14(3)4)25-22(30)32-23(7,8)9/h13-18H,11-12H2,1-10H3,(H,24,27)(H,25,30)(H,26,28)/t16-,17-,18-/m1/s1. The van der Waals surface area contributed by atoms with Crippen LogP contribution in [0.5, 0.6) is 0 Å². The van der Waals surface area contributed by atoms with Gasteiger partial charge in [-0.25, -0.2) is 9.59 Å². The number of carbonyl (C=O) groups excluding carboxylic acids is 4. The van der Waals surface area contributed by atoms with Gasteiger partial charge in [-0.3, -0.25) is 9.59 Å². The van der Waals surface area contributed by atoms with Crippen LogP contribution < -0.4 is 16.0 Å². The minimum atomic E-state index is -0.872. The van der Waals surface area contributed by atoms with Crippen molar-refractivity contribution >= 4 is 23.9 Å². The number of hydrogen-bond donors (Lipinski definition) is 3. The molecule has 32 heavy (non-hydrogen) atoms. The van der Waals surface area contributed by atoms with Gasteiger partial charge in [0.15, 0.2) is 0 Å². The fourth-order valence-corrected chi connectivity index (χ4v) is 3.01. The van der Waals surface area contributed by atoms with Crippen molar-refractivity contribution in [2.24, 2.45) is 17.8 Å². The van der Waals surface area contributed by atoms with E-state index in [4.69, 9.17) is 9.47 Å². The Labute approximate surface area is 192 Å². The molecule has 0 unspecified atom stereocenters. The van der Waals surface area contributed by atoms with Gasteiger partial charge in [-0.1, -0.05) is 41.5 Å². The van der Waals surface area contributed by atoms with Gasteiger partial charge < -0.3 is 25.4 Å². The van der Waals surface area contributed by atoms with Gasteiger partial charge in [0.05, 0.1) is 7.11 Å². The largest absolute Gasteiger partial charge is 0.467 e. The molecule has 3 amide bonds. The lowest BCUT2D eigenvalue weighted by Gasteiger charge is -2.28. The van der Waals surface area contributed by atoms with E-state index in [9.17, 15) is 19.2 Å². The average Bonchev–Trinajstić information content (AvgIpc) is 2.61. The maximum Gasteiger partial charge on any atom is 0.408 e. The Morgan fingerprint density at radius 2 is 1.19 bits per heavy atom. The van der Waals surface area contributed by atoms with Gasteiger partial charge in [0.1, 0.15) is 23.7 Å². The zero-order valence-corrected chi connectivity index (χ0v) is 21.3. The summed E-state index contributed by atoms with van der Waals surface area (Å²) in [7, 11) is 1.26. The molecule has 9 heteroatoms. The molecule has 0 rings (SSSR count). The molecule has 0 aromatic rings. The van der Waals surface area contributed by atoms with Crippen molar-refractivity contribution in [3.8, 4) is 0 Å². The molecule has 0 spiro atoms. The molecule has 3 N–H and O–H groups in total. The third-order valence-electron chi connectivity index (χ3n) is 4.47. The quantitative estimate of drug-likeness (QED) is 0.410. The molecule has 0 heterocycles. The Balaban J connectivity index is 5.52. The Hall–Kier alpha value is -2.32. The summed E-state index contributed by atoms with van der Waals surface area (Å²) in [4.78, 5) is 50.3. The van der Waals surface area contributed by atoms with E-state index in [0.29, 0.717) is 12.8 Å². The van der Waals surface area contributed by atoms with Crippen LogP contribution in [0.15, 0.2) is 0 Å². The number of esters is 1. The summed E-state index contributed by atoms with van der Waals surface area (Å²) in [5, 5.41) is 8.05. The maximum atomic E-state index is 13.0. The van der Waals surface area contributed by atoms with Crippen LogP contribution in [-0.2, 0) is 23.9 Å². The Morgan fingerprint density at radius 3 is 1.56 bits per heavy atom. The summed E-state index contributed by atoms with van der Waals surface area (Å²) in [5.74, 6) is -1.48. The minimum Gasteiger partial charge on any atom is -0.467 e. The predicted octanol–water partition coefficient (Wildman–Crippen LogP) is 2.77. The number of hydrogen-bond acceptors (Lipinski definition) is 6. The molecule has 0 aliphatic heterocycles. The summed E-state index contributed by atoms with van der Waals surface area (Å²) in [6.45, 7) is 16.5. The molecule has 0 fully saturated rings. The van der Waals surface area contributed by atoms with Gasteiger partial charge in [0, 0.05) is 0 Å². The Kier molecular flexibility index (Phi) is 12.3. The number of ether oxygens (including phenoxy) is 2. The van der Waals surface area contributed by atoms with Crippen LogP contribution in [0.25, 0.3) is 0 Å². The van der Waals surface area contributed by atoms with Gasteiger partial charge in [0.25, 0.3) is 0 Å². The van der Waals surface area contributed by atoms with E-state index in [2.05, 4.69) is 16.0 Å². The SMILES string of the molecule is COC(=O)[C@H](NC(=O)[C@@H](CC(C)C)NC(=O)[C@@H](CC(C)C)NC(=O)OC(C)(C)C)C(C)C. The van der Waals surface area contributed by atoms with E-state index < -0.39 is 47.6 Å². The van der Waals surface area contributed by atoms with Crippen LogP contribution in [0.3, 0.4) is 0 Å². The molecule has 186 valence electrons. The van der Waals surface area contributed by atoms with Crippen molar-refractivity contribution in [2.45, 2.75) is 98.9 Å². The number of carbonyl (C=O) groups is 4. The second-order valence-corrected chi connectivity index (χ2v) is 10.3. The maximum absolute atomic E-state index is 13.0. The predicted molar refractivity (Wildman–Crippen MR) is 123 cm³/mol. The lowest BCUT2D eigenvalue weighted by Crippen LogP contribution is -2.57. The highest BCUT2D eigenvalue weighted by atomic mass is 16.6. The third kappa shape index (κ3) is 11.9. The molecule has 0 saturated carbocycles. The monoisotopic (exact) mass is 457 g/mol. The number of amides is 3. The van der Waals surface area contributed by atoms with E-state index in [0.717, 1.165) is 0 Å². The second kappa shape index (κ2) is 13.3. The van der Waals surface area contributed by atoms with Crippen molar-refractivity contribution < 1.29 is 28.7 Å². The lowest BCUT2D eigenvalue weighted by atomic mass is 9.99. The van der Waals surface area contributed by atoms with E-state index in [1.807, 2.05) is 27.7 Å². The van der Waals surface area contributed by atoms with Gasteiger partial charge in [-0.05, 0) is 51.4 Å². The van der Waals surface area contributed by atoms with Crippen LogP contribution in [0.2, 0.25) is 0 Å². The Bertz CT molecular complexity index is 640. The summed E-state index contributed by atoms with van der Waals surface area (Å²) < 4.78 is 10.1. The van der Waals surface area contributed by atoms with Crippen LogP contribution in [0, 0.1) is 17.8 Å². The van der Waals surface area contributed by atoms with Gasteiger partial charge in [0.2, 0.25) is 11.8 Å². The van der Waals surface area contributed by atoms with E-state index in [1.165, 1.54) is 7.11 Å². The second-order valence-electron chi connectivity index (χ2n) is 10.3. The van der Waals surface area contributed by atoms with Crippen molar-refractivity contribution in [1.82, 2.24) is 16.0 Å². The molecular formula is C23H43N3O6. The highest BCUT2D eigenvalue weighted by Crippen LogP contribution is 2.12. The first-order valence-electron chi connectivity index (χ1n) is 11.2. The topological polar surface area (TPSA) is 123 Å². The molecule has 0 saturated heterocycles. The van der Waals surface area contributed by atoms with Crippen molar-refractivity contribution in [3.63, 3.8) is 0 Å². The first-order valence-corrected chi connectivity index (χ1v) is 11.2. The van der Waals surface area contributed by atoms with E-state index >= 15 is 0 Å². The molecule has 0 aromatic heterocycles. The van der Waals surface area contributed by atoms with Crippen LogP contribution in [0.1, 0.15) is 75.2 Å². The summed E-state index contributed by atoms with van der Waals surface area (Å²) >= 11 is 0. The normalized spacial score (nSPS) is 14.5. The van der Waals surface area contributed by atoms with Crippen molar-refractivity contribution in [3.05, 3.63) is 0 Å². The number of methoxy groups -OCH3 is 1. The fraction of sp³-hybridized carbons (Fsp3) is 0.826. The van der Waals surface area contributed by atoms with E-state index in [1.54, 1.807) is 34.6 Å². The van der Waals surface area contributed by atoms with Gasteiger partial charge >= 0.3 is 12.1 Å². The minimum absolute atomic E-state index is 0.101. The zero-order chi connectivity index (χ0) is 25.2. The molecule has 0 aliphatic rings. The van der Waals surface area contributed by atoms with Crippen molar-refractivity contribution in [1.29, 1.82) is 0 Å². The van der Waals surface area contributed by atoms with Crippen LogP contribution in [0.4, 0.5) is 4.79 Å². The smallest absolute Gasteiger partial charge is 0.408 e. The molecule has 0 radical (unpaired) electrons. The number of alkyl carbamates (subject to hydrolysis) is 1. The summed E-state index contributed by atoms with van der Waals surface area (Å²) in [6, 6.07) is -2.57. The molecule has 0 bridgehead atoms. The van der Waals surface area contributed by atoms with Crippen molar-refractivity contribution in [2.75, 3.05) is 7.11 Å². The molecule has 3 atom stereocenters. The first kappa shape index (κ1) is 29.7. The zero-order valence-electron chi connectivity index (χ0n) is 21.3. The molecule has 0 aromatic carbocycles. The van der Waals surface area contributed by atoms with Crippen LogP contribution >= 0.6 is 0 Å². The first-order chi connectivity index (χ1) is 14.6. The molecule has 9 nitrogen and oxygen atoms in total. The number of rotatable bonds is 11. The van der Waals surface area contributed by atoms with Gasteiger partial charge in [-0.2, -0.15) is 0 Å². The molecule has 0 aliphatic carbocycles.